The molecule has 3 fully saturated rings. The van der Waals surface area contributed by atoms with Gasteiger partial charge in [0.1, 0.15) is 73.2 Å². The molecule has 0 saturated carbocycles. The summed E-state index contributed by atoms with van der Waals surface area (Å²) in [6, 6.07) is -1.00. The molecule has 3 aliphatic rings. The van der Waals surface area contributed by atoms with Crippen LogP contribution in [0, 0.1) is 0 Å². The van der Waals surface area contributed by atoms with E-state index in [0.717, 1.165) is 103 Å². The highest BCUT2D eigenvalue weighted by Crippen LogP contribution is 2.33. The number of aliphatic hydroxyl groups is 11. The van der Waals surface area contributed by atoms with Crippen molar-refractivity contribution in [3.63, 3.8) is 0 Å². The van der Waals surface area contributed by atoms with Crippen LogP contribution in [0.2, 0.25) is 0 Å². The quantitative estimate of drug-likeness (QED) is 0.0199. The van der Waals surface area contributed by atoms with Gasteiger partial charge >= 0.3 is 0 Å². The van der Waals surface area contributed by atoms with E-state index < -0.39 is 124 Å². The maximum absolute atomic E-state index is 13.5. The molecule has 652 valence electrons. The second-order valence-corrected chi connectivity index (χ2v) is 31.7. The maximum atomic E-state index is 13.5. The van der Waals surface area contributed by atoms with Crippen LogP contribution in [-0.2, 0) is 33.2 Å². The number of nitrogens with one attached hydrogen (secondary N) is 1. The first-order chi connectivity index (χ1) is 55.3. The molecule has 3 rings (SSSR count). The van der Waals surface area contributed by atoms with Gasteiger partial charge in [0, 0.05) is 6.42 Å². The molecule has 0 aromatic rings. The minimum atomic E-state index is -1.99. The van der Waals surface area contributed by atoms with Gasteiger partial charge in [-0.1, -0.05) is 354 Å². The number of ether oxygens (including phenoxy) is 6. The third kappa shape index (κ3) is 50.7. The summed E-state index contributed by atoms with van der Waals surface area (Å²) in [5.41, 5.74) is 0. The Labute approximate surface area is 684 Å². The molecular formula is C94H163NO18. The number of hydrogen-bond donors (Lipinski definition) is 12. The fourth-order valence-electron chi connectivity index (χ4n) is 14.6. The van der Waals surface area contributed by atoms with Gasteiger partial charge < -0.3 is 89.9 Å². The summed E-state index contributed by atoms with van der Waals surface area (Å²) in [4.78, 5) is 13.5. The molecule has 3 saturated heterocycles. The van der Waals surface area contributed by atoms with E-state index in [2.05, 4.69) is 129 Å². The SMILES string of the molecule is CC/C=C\C/C=C\C/C=C\C/C=C\C/C=C\C/C=C\C/C=C\C/C=C\CCCCCCCCCCCCC(=O)NC(COC1OC(CO)C(OC2OC(CO)C(OC3OC(CO)C(O)C(O)C3O)C(O)C2O)C(O)C1O)C(O)/C=C/CC/C=C/CCCCCCCCCCCCCCCCCCCCCCCCCCCCC. The number of carbonyl (C=O) groups is 1. The number of carbonyl (C=O) groups excluding carboxylic acids is 1. The van der Waals surface area contributed by atoms with Crippen LogP contribution in [0.5, 0.6) is 0 Å². The largest absolute Gasteiger partial charge is 0.394 e. The van der Waals surface area contributed by atoms with Crippen LogP contribution in [-0.4, -0.2) is 193 Å². The molecule has 17 atom stereocenters. The molecule has 19 heteroatoms. The number of amides is 1. The van der Waals surface area contributed by atoms with Gasteiger partial charge in [-0.3, -0.25) is 4.79 Å². The summed E-state index contributed by atoms with van der Waals surface area (Å²) >= 11 is 0. The molecule has 0 radical (unpaired) electrons. The average Bonchev–Trinajstić information content (AvgIpc) is 0.780. The van der Waals surface area contributed by atoms with Gasteiger partial charge in [0.15, 0.2) is 18.9 Å². The van der Waals surface area contributed by atoms with Crippen molar-refractivity contribution in [2.75, 3.05) is 26.4 Å². The van der Waals surface area contributed by atoms with Gasteiger partial charge in [-0.2, -0.15) is 0 Å². The Morgan fingerprint density at radius 3 is 0.991 bits per heavy atom. The first-order valence-corrected chi connectivity index (χ1v) is 45.3. The van der Waals surface area contributed by atoms with Gasteiger partial charge in [0.05, 0.1) is 38.6 Å². The molecule has 1 amide bonds. The highest BCUT2D eigenvalue weighted by atomic mass is 16.8. The van der Waals surface area contributed by atoms with Crippen molar-refractivity contribution in [2.24, 2.45) is 0 Å². The van der Waals surface area contributed by atoms with Crippen molar-refractivity contribution >= 4 is 5.91 Å². The van der Waals surface area contributed by atoms with Crippen LogP contribution < -0.4 is 5.32 Å². The lowest BCUT2D eigenvalue weighted by Crippen LogP contribution is -2.66. The van der Waals surface area contributed by atoms with Gasteiger partial charge in [0.25, 0.3) is 0 Å². The Balaban J connectivity index is 1.35. The van der Waals surface area contributed by atoms with Crippen LogP contribution in [0.15, 0.2) is 122 Å². The molecule has 0 bridgehead atoms. The average molecular weight is 1600 g/mol. The van der Waals surface area contributed by atoms with Gasteiger partial charge in [-0.15, -0.1) is 0 Å². The van der Waals surface area contributed by atoms with Crippen LogP contribution >= 0.6 is 0 Å². The lowest BCUT2D eigenvalue weighted by molar-refractivity contribution is -0.379. The van der Waals surface area contributed by atoms with E-state index in [0.29, 0.717) is 12.8 Å². The van der Waals surface area contributed by atoms with Crippen molar-refractivity contribution in [1.82, 2.24) is 5.32 Å². The lowest BCUT2D eigenvalue weighted by atomic mass is 9.96. The fraction of sp³-hybridized carbons (Fsp3) is 0.777. The summed E-state index contributed by atoms with van der Waals surface area (Å²) in [5.74, 6) is -0.291. The summed E-state index contributed by atoms with van der Waals surface area (Å²) in [5, 5.41) is 121. The lowest BCUT2D eigenvalue weighted by Gasteiger charge is -2.48. The first-order valence-electron chi connectivity index (χ1n) is 45.3. The molecule has 0 aromatic heterocycles. The van der Waals surface area contributed by atoms with E-state index in [1.54, 1.807) is 6.08 Å². The predicted molar refractivity (Wildman–Crippen MR) is 457 cm³/mol. The van der Waals surface area contributed by atoms with Crippen molar-refractivity contribution in [3.05, 3.63) is 122 Å². The summed E-state index contributed by atoms with van der Waals surface area (Å²) in [6.45, 7) is 1.63. The van der Waals surface area contributed by atoms with Gasteiger partial charge in [0.2, 0.25) is 5.91 Å². The second-order valence-electron chi connectivity index (χ2n) is 31.7. The maximum Gasteiger partial charge on any atom is 0.220 e. The Bertz CT molecular complexity index is 2510. The minimum absolute atomic E-state index is 0.223. The third-order valence-electron chi connectivity index (χ3n) is 21.7. The molecule has 3 heterocycles. The molecule has 113 heavy (non-hydrogen) atoms. The molecule has 0 aliphatic carbocycles. The summed E-state index contributed by atoms with van der Waals surface area (Å²) in [7, 11) is 0. The van der Waals surface area contributed by atoms with Crippen LogP contribution in [0.25, 0.3) is 0 Å². The predicted octanol–water partition coefficient (Wildman–Crippen LogP) is 17.4. The second kappa shape index (κ2) is 72.2. The Morgan fingerprint density at radius 1 is 0.327 bits per heavy atom. The first kappa shape index (κ1) is 103. The van der Waals surface area contributed by atoms with E-state index in [-0.39, 0.29) is 18.9 Å². The third-order valence-corrected chi connectivity index (χ3v) is 21.7. The molecule has 19 nitrogen and oxygen atoms in total. The van der Waals surface area contributed by atoms with Crippen molar-refractivity contribution < 1.29 is 89.4 Å². The normalized spacial score (nSPS) is 25.4. The molecule has 0 aromatic carbocycles. The molecule has 12 N–H and O–H groups in total. The fourth-order valence-corrected chi connectivity index (χ4v) is 14.6. The number of rotatable bonds is 72. The van der Waals surface area contributed by atoms with E-state index >= 15 is 0 Å². The minimum Gasteiger partial charge on any atom is -0.394 e. The Hall–Kier alpha value is -3.81. The van der Waals surface area contributed by atoms with Crippen LogP contribution in [0.4, 0.5) is 0 Å². The highest BCUT2D eigenvalue weighted by Gasteiger charge is 2.54. The number of hydrogen-bond acceptors (Lipinski definition) is 18. The Morgan fingerprint density at radius 2 is 0.619 bits per heavy atom. The standard InChI is InChI=1S/C94H163NO18/c1-3-5-7-9-11-13-15-17-19-21-23-25-27-29-31-33-35-37-38-40-42-44-46-48-50-52-54-56-58-60-62-64-66-68-70-72-82(100)95-77(78(99)71-69-67-65-63-61-59-57-55-53-51-49-47-45-43-41-39-36-34-32-30-28-26-24-22-20-18-16-14-12-10-8-6-4-2)76-108-92-88(106)85(103)90(80(74-97)110-92)113-94-89(107)86(104)91(81(75-98)111-94)112-93-87(105)84(102)83(101)79(73-96)109-93/h5,7,11,13,17,19,23,25,29,31,35,37,40,42,46,48,61,63,69,71,77-81,83-94,96-99,101-107H,3-4,6,8-10,12,14-16,18,20-22,24,26-28,30,32-34,36,38-39,41,43-45,47,49-60,62,64-68,70,72-76H2,1-2H3,(H,95,100)/b7-5-,13-11-,19-17-,25-23-,31-29-,37-35-,42-40-,48-46-,63-61+,71-69+. The molecule has 0 spiro atoms. The zero-order valence-electron chi connectivity index (χ0n) is 70.3. The molecule has 17 unspecified atom stereocenters. The van der Waals surface area contributed by atoms with E-state index in [1.807, 2.05) is 6.08 Å². The van der Waals surface area contributed by atoms with E-state index in [9.17, 15) is 61.0 Å². The summed E-state index contributed by atoms with van der Waals surface area (Å²) < 4.78 is 34.5. The van der Waals surface area contributed by atoms with Crippen molar-refractivity contribution in [2.45, 2.75) is 439 Å². The highest BCUT2D eigenvalue weighted by molar-refractivity contribution is 5.76. The number of aliphatic hydroxyl groups excluding tert-OH is 11. The van der Waals surface area contributed by atoms with Crippen molar-refractivity contribution in [1.29, 1.82) is 0 Å². The van der Waals surface area contributed by atoms with Gasteiger partial charge in [-0.25, -0.2) is 0 Å². The molecule has 3 aliphatic heterocycles. The van der Waals surface area contributed by atoms with Crippen LogP contribution in [0.1, 0.15) is 335 Å². The number of unbranched alkanes of at least 4 members (excludes halogenated alkanes) is 38. The smallest absolute Gasteiger partial charge is 0.220 e. The van der Waals surface area contributed by atoms with E-state index in [1.165, 1.54) is 199 Å². The zero-order valence-corrected chi connectivity index (χ0v) is 70.3. The van der Waals surface area contributed by atoms with Crippen LogP contribution in [0.3, 0.4) is 0 Å². The number of allylic oxidation sites excluding steroid dienone is 19. The monoisotopic (exact) mass is 1590 g/mol. The summed E-state index contributed by atoms with van der Waals surface area (Å²) in [6.07, 6.45) is 76.3. The molecular weight excluding hydrogens is 1430 g/mol. The van der Waals surface area contributed by atoms with Crippen molar-refractivity contribution in [3.8, 4) is 0 Å². The van der Waals surface area contributed by atoms with Gasteiger partial charge in [-0.05, 0) is 96.3 Å². The Kier molecular flexibility index (Phi) is 66.1. The zero-order chi connectivity index (χ0) is 81.7. The van der Waals surface area contributed by atoms with E-state index in [4.69, 9.17) is 28.4 Å². The topological polar surface area (TPSA) is 307 Å².